The quantitative estimate of drug-likeness (QED) is 0.768. The summed E-state index contributed by atoms with van der Waals surface area (Å²) in [6.45, 7) is 2.93. The third-order valence-corrected chi connectivity index (χ3v) is 6.18. The Balaban J connectivity index is 1.93. The molecule has 2 aromatic rings. The van der Waals surface area contributed by atoms with Crippen LogP contribution in [0.25, 0.3) is 0 Å². The van der Waals surface area contributed by atoms with Crippen molar-refractivity contribution in [3.63, 3.8) is 0 Å². The molecule has 1 saturated heterocycles. The minimum Gasteiger partial charge on any atom is -0.492 e. The number of carbonyl (C=O) groups is 1. The van der Waals surface area contributed by atoms with E-state index in [4.69, 9.17) is 9.47 Å². The first-order valence-electron chi connectivity index (χ1n) is 8.94. The van der Waals surface area contributed by atoms with Crippen LogP contribution in [0.4, 0.5) is 14.5 Å². The molecule has 0 saturated carbocycles. The van der Waals surface area contributed by atoms with Gasteiger partial charge in [0.25, 0.3) is 5.91 Å². The van der Waals surface area contributed by atoms with E-state index < -0.39 is 27.6 Å². The van der Waals surface area contributed by atoms with Crippen LogP contribution in [0.5, 0.6) is 5.75 Å². The standard InChI is InChI=1S/C19H20F2N2O5S/c1-2-28-17-6-4-14(22-19(24)15-5-3-13(20)11-16(15)21)12-18(17)29(25,26)23-7-9-27-10-8-23/h3-6,11-12H,2,7-10H2,1H3,(H,22,24). The fraction of sp³-hybridized carbons (Fsp3) is 0.316. The summed E-state index contributed by atoms with van der Waals surface area (Å²) in [5.41, 5.74) is -0.230. The lowest BCUT2D eigenvalue weighted by atomic mass is 10.2. The van der Waals surface area contributed by atoms with Crippen LogP contribution < -0.4 is 10.1 Å². The maximum Gasteiger partial charge on any atom is 0.258 e. The molecule has 0 unspecified atom stereocenters. The van der Waals surface area contributed by atoms with Gasteiger partial charge in [0.15, 0.2) is 0 Å². The monoisotopic (exact) mass is 426 g/mol. The Labute approximate surface area is 167 Å². The third kappa shape index (κ3) is 4.72. The van der Waals surface area contributed by atoms with Crippen LogP contribution in [0.2, 0.25) is 0 Å². The summed E-state index contributed by atoms with van der Waals surface area (Å²) in [6.07, 6.45) is 0. The third-order valence-electron chi connectivity index (χ3n) is 4.27. The number of hydrogen-bond acceptors (Lipinski definition) is 5. The number of carbonyl (C=O) groups excluding carboxylic acids is 1. The molecule has 1 fully saturated rings. The van der Waals surface area contributed by atoms with E-state index >= 15 is 0 Å². The lowest BCUT2D eigenvalue weighted by Gasteiger charge is -2.27. The van der Waals surface area contributed by atoms with Crippen molar-refractivity contribution >= 4 is 21.6 Å². The smallest absolute Gasteiger partial charge is 0.258 e. The SMILES string of the molecule is CCOc1ccc(NC(=O)c2ccc(F)cc2F)cc1S(=O)(=O)N1CCOCC1. The summed E-state index contributed by atoms with van der Waals surface area (Å²) >= 11 is 0. The van der Waals surface area contributed by atoms with Crippen LogP contribution in [-0.2, 0) is 14.8 Å². The number of hydrogen-bond donors (Lipinski definition) is 1. The highest BCUT2D eigenvalue weighted by Crippen LogP contribution is 2.30. The van der Waals surface area contributed by atoms with Crippen molar-refractivity contribution in [2.45, 2.75) is 11.8 Å². The van der Waals surface area contributed by atoms with Gasteiger partial charge in [0.2, 0.25) is 10.0 Å². The second kappa shape index (κ2) is 8.85. The molecular weight excluding hydrogens is 406 g/mol. The molecule has 0 bridgehead atoms. The number of nitrogens with zero attached hydrogens (tertiary/aromatic N) is 1. The second-order valence-corrected chi connectivity index (χ2v) is 8.10. The number of halogens is 2. The first kappa shape index (κ1) is 21.2. The molecule has 1 heterocycles. The summed E-state index contributed by atoms with van der Waals surface area (Å²) in [5.74, 6) is -2.51. The zero-order chi connectivity index (χ0) is 21.0. The molecule has 0 radical (unpaired) electrons. The van der Waals surface area contributed by atoms with Gasteiger partial charge in [0.1, 0.15) is 22.3 Å². The van der Waals surface area contributed by atoms with Gasteiger partial charge in [-0.15, -0.1) is 0 Å². The lowest BCUT2D eigenvalue weighted by molar-refractivity contribution is 0.0729. The predicted octanol–water partition coefficient (Wildman–Crippen LogP) is 2.64. The van der Waals surface area contributed by atoms with E-state index in [1.54, 1.807) is 6.92 Å². The van der Waals surface area contributed by atoms with Gasteiger partial charge in [-0.25, -0.2) is 17.2 Å². The number of anilines is 1. The number of nitrogens with one attached hydrogen (secondary N) is 1. The molecule has 29 heavy (non-hydrogen) atoms. The Morgan fingerprint density at radius 1 is 1.17 bits per heavy atom. The van der Waals surface area contributed by atoms with Crippen LogP contribution in [0.15, 0.2) is 41.3 Å². The van der Waals surface area contributed by atoms with Crippen molar-refractivity contribution in [3.8, 4) is 5.75 Å². The lowest BCUT2D eigenvalue weighted by Crippen LogP contribution is -2.40. The van der Waals surface area contributed by atoms with Crippen LogP contribution in [0, 0.1) is 11.6 Å². The van der Waals surface area contributed by atoms with E-state index in [2.05, 4.69) is 5.32 Å². The second-order valence-electron chi connectivity index (χ2n) is 6.19. The fourth-order valence-corrected chi connectivity index (χ4v) is 4.43. The number of morpholine rings is 1. The Bertz CT molecular complexity index is 1010. The predicted molar refractivity (Wildman–Crippen MR) is 102 cm³/mol. The number of amides is 1. The summed E-state index contributed by atoms with van der Waals surface area (Å²) in [6, 6.07) is 6.71. The Kier molecular flexibility index (Phi) is 6.46. The van der Waals surface area contributed by atoms with Crippen molar-refractivity contribution in [2.24, 2.45) is 0 Å². The van der Waals surface area contributed by atoms with E-state index in [0.29, 0.717) is 6.07 Å². The zero-order valence-electron chi connectivity index (χ0n) is 15.7. The Morgan fingerprint density at radius 3 is 2.55 bits per heavy atom. The summed E-state index contributed by atoms with van der Waals surface area (Å²) in [7, 11) is -3.90. The number of benzene rings is 2. The van der Waals surface area contributed by atoms with Crippen LogP contribution in [0.3, 0.4) is 0 Å². The van der Waals surface area contributed by atoms with E-state index in [9.17, 15) is 22.0 Å². The zero-order valence-corrected chi connectivity index (χ0v) is 16.5. The maximum atomic E-state index is 13.8. The van der Waals surface area contributed by atoms with E-state index in [0.717, 1.165) is 12.1 Å². The van der Waals surface area contributed by atoms with Gasteiger partial charge in [0, 0.05) is 24.8 Å². The molecule has 0 atom stereocenters. The van der Waals surface area contributed by atoms with Crippen molar-refractivity contribution < 1.29 is 31.5 Å². The van der Waals surface area contributed by atoms with Gasteiger partial charge in [-0.05, 0) is 37.3 Å². The summed E-state index contributed by atoms with van der Waals surface area (Å²) in [4.78, 5) is 12.2. The highest BCUT2D eigenvalue weighted by molar-refractivity contribution is 7.89. The van der Waals surface area contributed by atoms with Crippen molar-refractivity contribution in [1.29, 1.82) is 0 Å². The molecule has 0 aliphatic carbocycles. The van der Waals surface area contributed by atoms with E-state index in [-0.39, 0.29) is 54.8 Å². The van der Waals surface area contributed by atoms with Gasteiger partial charge < -0.3 is 14.8 Å². The minimum atomic E-state index is -3.90. The minimum absolute atomic E-state index is 0.112. The van der Waals surface area contributed by atoms with E-state index in [1.165, 1.54) is 22.5 Å². The highest BCUT2D eigenvalue weighted by Gasteiger charge is 2.30. The first-order chi connectivity index (χ1) is 13.8. The van der Waals surface area contributed by atoms with Crippen LogP contribution >= 0.6 is 0 Å². The molecule has 1 N–H and O–H groups in total. The van der Waals surface area contributed by atoms with E-state index in [1.807, 2.05) is 0 Å². The largest absolute Gasteiger partial charge is 0.492 e. The normalized spacial score (nSPS) is 15.1. The molecule has 1 aliphatic heterocycles. The Morgan fingerprint density at radius 2 is 1.90 bits per heavy atom. The van der Waals surface area contributed by atoms with Gasteiger partial charge >= 0.3 is 0 Å². The van der Waals surface area contributed by atoms with Crippen molar-refractivity contribution in [2.75, 3.05) is 38.2 Å². The average Bonchev–Trinajstić information content (AvgIpc) is 2.69. The maximum absolute atomic E-state index is 13.8. The first-order valence-corrected chi connectivity index (χ1v) is 10.4. The molecule has 1 amide bonds. The van der Waals surface area contributed by atoms with Gasteiger partial charge in [0.05, 0.1) is 25.4 Å². The summed E-state index contributed by atoms with van der Waals surface area (Å²) in [5, 5.41) is 2.44. The van der Waals surface area contributed by atoms with Gasteiger partial charge in [-0.1, -0.05) is 0 Å². The molecule has 0 spiro atoms. The van der Waals surface area contributed by atoms with Crippen molar-refractivity contribution in [1.82, 2.24) is 4.31 Å². The average molecular weight is 426 g/mol. The summed E-state index contributed by atoms with van der Waals surface area (Å²) < 4.78 is 64.9. The topological polar surface area (TPSA) is 84.9 Å². The molecule has 3 rings (SSSR count). The van der Waals surface area contributed by atoms with Crippen LogP contribution in [0.1, 0.15) is 17.3 Å². The number of sulfonamides is 1. The van der Waals surface area contributed by atoms with Crippen molar-refractivity contribution in [3.05, 3.63) is 53.6 Å². The van der Waals surface area contributed by atoms with Crippen LogP contribution in [-0.4, -0.2) is 51.5 Å². The van der Waals surface area contributed by atoms with Gasteiger partial charge in [-0.3, -0.25) is 4.79 Å². The molecule has 10 heteroatoms. The fourth-order valence-electron chi connectivity index (χ4n) is 2.86. The molecule has 7 nitrogen and oxygen atoms in total. The molecule has 2 aromatic carbocycles. The molecule has 0 aromatic heterocycles. The van der Waals surface area contributed by atoms with Gasteiger partial charge in [-0.2, -0.15) is 4.31 Å². The molecular formula is C19H20F2N2O5S. The molecule has 1 aliphatic rings. The highest BCUT2D eigenvalue weighted by atomic mass is 32.2. The molecule has 156 valence electrons. The number of ether oxygens (including phenoxy) is 2. The Hall–Kier alpha value is -2.56. The number of rotatable bonds is 6.